The number of likely N-dealkylation sites (tertiary alicyclic amines) is 1. The summed E-state index contributed by atoms with van der Waals surface area (Å²) in [5, 5.41) is 2.82. The van der Waals surface area contributed by atoms with E-state index in [2.05, 4.69) is 21.8 Å². The predicted octanol–water partition coefficient (Wildman–Crippen LogP) is 1.78. The zero-order chi connectivity index (χ0) is 20.8. The molecule has 0 bridgehead atoms. The highest BCUT2D eigenvalue weighted by Gasteiger charge is 2.51. The van der Waals surface area contributed by atoms with Crippen LogP contribution in [0.3, 0.4) is 0 Å². The number of nitrogens with one attached hydrogen (secondary N) is 1. The van der Waals surface area contributed by atoms with Crippen molar-refractivity contribution in [2.75, 3.05) is 20.1 Å². The molecule has 8 heteroatoms. The maximum atomic E-state index is 13.1. The van der Waals surface area contributed by atoms with E-state index in [0.717, 1.165) is 28.2 Å². The van der Waals surface area contributed by atoms with Crippen molar-refractivity contribution in [2.45, 2.75) is 45.2 Å². The molecule has 2 aliphatic rings. The average molecular weight is 397 g/mol. The highest BCUT2D eigenvalue weighted by Crippen LogP contribution is 2.29. The molecule has 4 rings (SSSR count). The van der Waals surface area contributed by atoms with Gasteiger partial charge in [-0.2, -0.15) is 0 Å². The first-order chi connectivity index (χ1) is 13.9. The second kappa shape index (κ2) is 7.17. The zero-order valence-corrected chi connectivity index (χ0v) is 17.1. The first-order valence-electron chi connectivity index (χ1n) is 10.2. The number of hydrogen-bond donors (Lipinski definition) is 1. The summed E-state index contributed by atoms with van der Waals surface area (Å²) in [6.45, 7) is 5.51. The minimum atomic E-state index is -0.845. The number of piperidine rings is 1. The van der Waals surface area contributed by atoms with Gasteiger partial charge >= 0.3 is 6.03 Å². The monoisotopic (exact) mass is 397 g/mol. The second-order valence-electron chi connectivity index (χ2n) is 8.08. The minimum Gasteiger partial charge on any atom is -0.342 e. The second-order valence-corrected chi connectivity index (χ2v) is 8.08. The Hall–Kier alpha value is -2.90. The number of fused-ring (bicyclic) bond motifs is 1. The van der Waals surface area contributed by atoms with Crippen molar-refractivity contribution in [1.82, 2.24) is 24.7 Å². The lowest BCUT2D eigenvalue weighted by atomic mass is 9.87. The Labute approximate surface area is 169 Å². The summed E-state index contributed by atoms with van der Waals surface area (Å²) in [4.78, 5) is 45.0. The van der Waals surface area contributed by atoms with Crippen LogP contribution in [0.5, 0.6) is 0 Å². The molecular formula is C21H27N5O3. The largest absolute Gasteiger partial charge is 0.342 e. The maximum absolute atomic E-state index is 13.1. The van der Waals surface area contributed by atoms with E-state index in [1.807, 2.05) is 36.1 Å². The van der Waals surface area contributed by atoms with Crippen LogP contribution in [0.4, 0.5) is 4.79 Å². The smallest absolute Gasteiger partial charge is 0.324 e. The Bertz CT molecular complexity index is 974. The first-order valence-corrected chi connectivity index (χ1v) is 10.2. The lowest BCUT2D eigenvalue weighted by molar-refractivity contribution is -0.140. The molecule has 2 aromatic rings. The van der Waals surface area contributed by atoms with E-state index < -0.39 is 5.54 Å². The number of para-hydroxylation sites is 2. The Morgan fingerprint density at radius 3 is 2.55 bits per heavy atom. The summed E-state index contributed by atoms with van der Waals surface area (Å²) >= 11 is 0. The van der Waals surface area contributed by atoms with Gasteiger partial charge in [0.05, 0.1) is 17.0 Å². The van der Waals surface area contributed by atoms with E-state index in [1.54, 1.807) is 0 Å². The van der Waals surface area contributed by atoms with Gasteiger partial charge in [0.15, 0.2) is 0 Å². The summed E-state index contributed by atoms with van der Waals surface area (Å²) in [5.41, 5.74) is 1.15. The van der Waals surface area contributed by atoms with Gasteiger partial charge in [-0.3, -0.25) is 14.5 Å². The zero-order valence-electron chi connectivity index (χ0n) is 17.1. The Morgan fingerprint density at radius 2 is 1.93 bits per heavy atom. The van der Waals surface area contributed by atoms with Gasteiger partial charge in [-0.05, 0) is 25.0 Å². The fourth-order valence-corrected chi connectivity index (χ4v) is 4.47. The molecule has 2 aliphatic heterocycles. The molecule has 0 unspecified atom stereocenters. The quantitative estimate of drug-likeness (QED) is 0.797. The van der Waals surface area contributed by atoms with E-state index in [0.29, 0.717) is 32.5 Å². The third-order valence-corrected chi connectivity index (χ3v) is 6.22. The topological polar surface area (TPSA) is 87.5 Å². The van der Waals surface area contributed by atoms with Crippen molar-refractivity contribution >= 4 is 28.9 Å². The van der Waals surface area contributed by atoms with E-state index in [-0.39, 0.29) is 23.8 Å². The van der Waals surface area contributed by atoms with Crippen LogP contribution in [-0.2, 0) is 22.6 Å². The number of carbonyl (C=O) groups is 3. The third-order valence-electron chi connectivity index (χ3n) is 6.22. The van der Waals surface area contributed by atoms with Crippen LogP contribution < -0.4 is 5.32 Å². The fraction of sp³-hybridized carbons (Fsp3) is 0.524. The molecule has 1 N–H and O–H groups in total. The molecule has 1 aromatic heterocycles. The van der Waals surface area contributed by atoms with Crippen molar-refractivity contribution in [3.05, 3.63) is 30.1 Å². The Kier molecular flexibility index (Phi) is 4.80. The molecule has 2 fully saturated rings. The van der Waals surface area contributed by atoms with Crippen LogP contribution >= 0.6 is 0 Å². The SMILES string of the molecule is CCc1nc2ccccc2n1C[C@@H](C)C(=O)N1CCC2(CC1)NC(=O)N(C)C2=O. The summed E-state index contributed by atoms with van der Waals surface area (Å²) in [6.07, 6.45) is 1.71. The van der Waals surface area contributed by atoms with Gasteiger partial charge in [0.1, 0.15) is 11.4 Å². The molecule has 2 saturated heterocycles. The summed E-state index contributed by atoms with van der Waals surface area (Å²) < 4.78 is 2.14. The van der Waals surface area contributed by atoms with Crippen LogP contribution in [0, 0.1) is 5.92 Å². The molecule has 3 heterocycles. The molecule has 1 aromatic carbocycles. The number of imidazole rings is 1. The normalized spacial score (nSPS) is 19.8. The van der Waals surface area contributed by atoms with E-state index in [4.69, 9.17) is 0 Å². The van der Waals surface area contributed by atoms with Crippen molar-refractivity contribution in [2.24, 2.45) is 5.92 Å². The van der Waals surface area contributed by atoms with E-state index in [1.165, 1.54) is 7.05 Å². The Morgan fingerprint density at radius 1 is 1.24 bits per heavy atom. The van der Waals surface area contributed by atoms with Crippen molar-refractivity contribution in [3.63, 3.8) is 0 Å². The van der Waals surface area contributed by atoms with Crippen molar-refractivity contribution in [1.29, 1.82) is 0 Å². The van der Waals surface area contributed by atoms with Gasteiger partial charge in [0.25, 0.3) is 5.91 Å². The summed E-state index contributed by atoms with van der Waals surface area (Å²) in [7, 11) is 1.49. The van der Waals surface area contributed by atoms with Crippen LogP contribution in [0.25, 0.3) is 11.0 Å². The Balaban J connectivity index is 1.45. The standard InChI is InChI=1S/C21H27N5O3/c1-4-17-22-15-7-5-6-8-16(15)26(17)13-14(2)18(27)25-11-9-21(10-12-25)19(28)24(3)20(29)23-21/h5-8,14H,4,9-13H2,1-3H3,(H,23,29)/t14-/m1/s1. The van der Waals surface area contributed by atoms with Crippen molar-refractivity contribution < 1.29 is 14.4 Å². The molecule has 1 spiro atoms. The lowest BCUT2D eigenvalue weighted by Crippen LogP contribution is -2.56. The number of hydrogen-bond acceptors (Lipinski definition) is 4. The molecule has 29 heavy (non-hydrogen) atoms. The van der Waals surface area contributed by atoms with Crippen LogP contribution in [0.2, 0.25) is 0 Å². The molecule has 0 aliphatic carbocycles. The van der Waals surface area contributed by atoms with E-state index in [9.17, 15) is 14.4 Å². The average Bonchev–Trinajstić information content (AvgIpc) is 3.19. The number of aromatic nitrogens is 2. The number of aryl methyl sites for hydroxylation is 1. The first kappa shape index (κ1) is 19.4. The van der Waals surface area contributed by atoms with Gasteiger partial charge in [0, 0.05) is 33.1 Å². The van der Waals surface area contributed by atoms with Gasteiger partial charge in [-0.1, -0.05) is 26.0 Å². The van der Waals surface area contributed by atoms with Crippen LogP contribution in [0.1, 0.15) is 32.5 Å². The number of imide groups is 1. The van der Waals surface area contributed by atoms with Gasteiger partial charge in [-0.25, -0.2) is 9.78 Å². The number of amides is 4. The number of rotatable bonds is 4. The molecule has 0 radical (unpaired) electrons. The number of carbonyl (C=O) groups excluding carboxylic acids is 3. The van der Waals surface area contributed by atoms with Crippen molar-refractivity contribution in [3.8, 4) is 0 Å². The molecular weight excluding hydrogens is 370 g/mol. The lowest BCUT2D eigenvalue weighted by Gasteiger charge is -2.38. The molecule has 0 saturated carbocycles. The summed E-state index contributed by atoms with van der Waals surface area (Å²) in [5.74, 6) is 0.652. The molecule has 8 nitrogen and oxygen atoms in total. The minimum absolute atomic E-state index is 0.0739. The van der Waals surface area contributed by atoms with Gasteiger partial charge in [0.2, 0.25) is 5.91 Å². The fourth-order valence-electron chi connectivity index (χ4n) is 4.47. The summed E-state index contributed by atoms with van der Waals surface area (Å²) in [6, 6.07) is 7.63. The van der Waals surface area contributed by atoms with Crippen LogP contribution in [-0.4, -0.2) is 62.9 Å². The van der Waals surface area contributed by atoms with Gasteiger partial charge < -0.3 is 14.8 Å². The number of urea groups is 1. The predicted molar refractivity (Wildman–Crippen MR) is 108 cm³/mol. The maximum Gasteiger partial charge on any atom is 0.324 e. The number of nitrogens with zero attached hydrogens (tertiary/aromatic N) is 4. The van der Waals surface area contributed by atoms with Gasteiger partial charge in [-0.15, -0.1) is 0 Å². The van der Waals surface area contributed by atoms with Crippen LogP contribution in [0.15, 0.2) is 24.3 Å². The highest BCUT2D eigenvalue weighted by atomic mass is 16.2. The molecule has 4 amide bonds. The highest BCUT2D eigenvalue weighted by molar-refractivity contribution is 6.06. The third kappa shape index (κ3) is 3.16. The molecule has 1 atom stereocenters. The van der Waals surface area contributed by atoms with E-state index >= 15 is 0 Å². The number of benzene rings is 1. The molecule has 154 valence electrons. The number of likely N-dealkylation sites (N-methyl/N-ethyl adjacent to an activating group) is 1.